The number of imidazole rings is 1. The molecule has 3 aromatic rings. The Balaban J connectivity index is 1.44. The van der Waals surface area contributed by atoms with Crippen LogP contribution >= 0.6 is 11.3 Å². The number of hydrogen-bond acceptors (Lipinski definition) is 4. The molecule has 4 rings (SSSR count). The Hall–Kier alpha value is -2.47. The van der Waals surface area contributed by atoms with Gasteiger partial charge in [0.1, 0.15) is 16.5 Å². The normalized spacial score (nSPS) is 13.5. The van der Waals surface area contributed by atoms with Crippen molar-refractivity contribution < 1.29 is 4.79 Å². The van der Waals surface area contributed by atoms with E-state index < -0.39 is 0 Å². The van der Waals surface area contributed by atoms with Crippen LogP contribution in [0.15, 0.2) is 29.8 Å². The Bertz CT molecular complexity index is 933. The van der Waals surface area contributed by atoms with Crippen LogP contribution in [0.3, 0.4) is 0 Å². The lowest BCUT2D eigenvalue weighted by molar-refractivity contribution is 0.0946. The van der Waals surface area contributed by atoms with Crippen molar-refractivity contribution in [3.63, 3.8) is 0 Å². The van der Waals surface area contributed by atoms with Gasteiger partial charge in [0.15, 0.2) is 0 Å². The molecular formula is C20H22N4OS. The molecule has 2 aromatic heterocycles. The lowest BCUT2D eigenvalue weighted by atomic mass is 10.1. The van der Waals surface area contributed by atoms with Gasteiger partial charge in [-0.25, -0.2) is 9.97 Å². The van der Waals surface area contributed by atoms with Crippen LogP contribution in [-0.4, -0.2) is 20.4 Å². The molecule has 5 nitrogen and oxygen atoms in total. The predicted octanol–water partition coefficient (Wildman–Crippen LogP) is 3.89. The minimum atomic E-state index is -0.150. The number of thiazole rings is 1. The Labute approximate surface area is 157 Å². The zero-order valence-electron chi connectivity index (χ0n) is 15.1. The number of rotatable bonds is 4. The van der Waals surface area contributed by atoms with Crippen LogP contribution in [0, 0.1) is 13.8 Å². The molecule has 0 aliphatic carbocycles. The highest BCUT2D eigenvalue weighted by Gasteiger charge is 2.15. The monoisotopic (exact) mass is 366 g/mol. The van der Waals surface area contributed by atoms with E-state index in [-0.39, 0.29) is 5.91 Å². The molecule has 6 heteroatoms. The first-order valence-electron chi connectivity index (χ1n) is 8.96. The molecule has 0 saturated carbocycles. The van der Waals surface area contributed by atoms with Crippen LogP contribution in [0.4, 0.5) is 0 Å². The predicted molar refractivity (Wildman–Crippen MR) is 103 cm³/mol. The van der Waals surface area contributed by atoms with Crippen molar-refractivity contribution in [2.75, 3.05) is 0 Å². The molecule has 3 heterocycles. The summed E-state index contributed by atoms with van der Waals surface area (Å²) in [5.41, 5.74) is 4.87. The summed E-state index contributed by atoms with van der Waals surface area (Å²) >= 11 is 1.50. The lowest BCUT2D eigenvalue weighted by Gasteiger charge is -2.11. The van der Waals surface area contributed by atoms with Crippen molar-refractivity contribution in [2.24, 2.45) is 0 Å². The van der Waals surface area contributed by atoms with Crippen molar-refractivity contribution in [3.05, 3.63) is 58.1 Å². The van der Waals surface area contributed by atoms with Crippen LogP contribution < -0.4 is 5.32 Å². The maximum Gasteiger partial charge on any atom is 0.271 e. The fourth-order valence-electron chi connectivity index (χ4n) is 3.37. The average Bonchev–Trinajstić information content (AvgIpc) is 3.26. The molecule has 0 saturated heterocycles. The molecule has 0 spiro atoms. The van der Waals surface area contributed by atoms with Gasteiger partial charge in [-0.1, -0.05) is 23.8 Å². The Morgan fingerprint density at radius 2 is 2.15 bits per heavy atom. The third kappa shape index (κ3) is 3.42. The minimum absolute atomic E-state index is 0.150. The molecule has 0 fully saturated rings. The first-order valence-corrected chi connectivity index (χ1v) is 9.84. The van der Waals surface area contributed by atoms with Crippen LogP contribution in [0.5, 0.6) is 0 Å². The maximum absolute atomic E-state index is 12.4. The van der Waals surface area contributed by atoms with Gasteiger partial charge in [-0.3, -0.25) is 4.79 Å². The topological polar surface area (TPSA) is 59.8 Å². The maximum atomic E-state index is 12.4. The smallest absolute Gasteiger partial charge is 0.271 e. The number of aryl methyl sites for hydroxylation is 4. The van der Waals surface area contributed by atoms with Crippen molar-refractivity contribution in [1.29, 1.82) is 0 Å². The number of carbonyl (C=O) groups excluding carboxylic acids is 1. The third-order valence-electron chi connectivity index (χ3n) is 4.74. The van der Waals surface area contributed by atoms with Crippen molar-refractivity contribution in [1.82, 2.24) is 19.9 Å². The van der Waals surface area contributed by atoms with Gasteiger partial charge in [0.05, 0.1) is 12.2 Å². The van der Waals surface area contributed by atoms with Crippen molar-refractivity contribution >= 4 is 17.2 Å². The van der Waals surface area contributed by atoms with E-state index in [9.17, 15) is 4.79 Å². The summed E-state index contributed by atoms with van der Waals surface area (Å²) in [5.74, 6) is 0.981. The third-order valence-corrected chi connectivity index (χ3v) is 5.61. The van der Waals surface area contributed by atoms with Gasteiger partial charge >= 0.3 is 0 Å². The molecule has 0 unspecified atom stereocenters. The molecule has 0 bridgehead atoms. The largest absolute Gasteiger partial charge is 0.345 e. The molecule has 1 aliphatic heterocycles. The zero-order chi connectivity index (χ0) is 18.1. The van der Waals surface area contributed by atoms with E-state index in [0.29, 0.717) is 12.2 Å². The first-order chi connectivity index (χ1) is 12.6. The summed E-state index contributed by atoms with van der Waals surface area (Å²) in [6.45, 7) is 5.62. The van der Waals surface area contributed by atoms with Crippen molar-refractivity contribution in [3.8, 4) is 10.6 Å². The zero-order valence-corrected chi connectivity index (χ0v) is 15.9. The van der Waals surface area contributed by atoms with Gasteiger partial charge in [-0.15, -0.1) is 11.3 Å². The van der Waals surface area contributed by atoms with Gasteiger partial charge < -0.3 is 9.88 Å². The van der Waals surface area contributed by atoms with E-state index in [1.54, 1.807) is 0 Å². The molecule has 0 radical (unpaired) electrons. The summed E-state index contributed by atoms with van der Waals surface area (Å²) in [4.78, 5) is 21.6. The Morgan fingerprint density at radius 3 is 2.96 bits per heavy atom. The molecule has 1 N–H and O–H groups in total. The average molecular weight is 366 g/mol. The highest BCUT2D eigenvalue weighted by atomic mass is 32.1. The molecule has 134 valence electrons. The summed E-state index contributed by atoms with van der Waals surface area (Å²) in [6, 6.07) is 6.28. The lowest BCUT2D eigenvalue weighted by Crippen LogP contribution is -2.23. The Kier molecular flexibility index (Phi) is 4.59. The summed E-state index contributed by atoms with van der Waals surface area (Å²) < 4.78 is 2.20. The second-order valence-electron chi connectivity index (χ2n) is 6.84. The van der Waals surface area contributed by atoms with Gasteiger partial charge in [-0.05, 0) is 32.3 Å². The second kappa shape index (κ2) is 7.03. The molecule has 1 aliphatic rings. The van der Waals surface area contributed by atoms with Crippen LogP contribution in [0.25, 0.3) is 10.6 Å². The molecule has 1 aromatic carbocycles. The number of nitrogens with zero attached hydrogens (tertiary/aromatic N) is 3. The van der Waals surface area contributed by atoms with Crippen LogP contribution in [-0.2, 0) is 19.5 Å². The van der Waals surface area contributed by atoms with Gasteiger partial charge in [-0.2, -0.15) is 0 Å². The molecule has 26 heavy (non-hydrogen) atoms. The fourth-order valence-corrected chi connectivity index (χ4v) is 4.26. The number of fused-ring (bicyclic) bond motifs is 1. The number of aromatic nitrogens is 3. The minimum Gasteiger partial charge on any atom is -0.345 e. The summed E-state index contributed by atoms with van der Waals surface area (Å²) in [7, 11) is 0. The number of benzene rings is 1. The number of amides is 1. The van der Waals surface area contributed by atoms with Crippen LogP contribution in [0.2, 0.25) is 0 Å². The highest BCUT2D eigenvalue weighted by molar-refractivity contribution is 7.13. The van der Waals surface area contributed by atoms with Gasteiger partial charge in [0.2, 0.25) is 0 Å². The molecular weight excluding hydrogens is 344 g/mol. The van der Waals surface area contributed by atoms with E-state index in [1.807, 2.05) is 5.38 Å². The fraction of sp³-hybridized carbons (Fsp3) is 0.350. The van der Waals surface area contributed by atoms with E-state index in [1.165, 1.54) is 35.3 Å². The van der Waals surface area contributed by atoms with Crippen LogP contribution in [0.1, 0.15) is 46.0 Å². The highest BCUT2D eigenvalue weighted by Crippen LogP contribution is 2.27. The van der Waals surface area contributed by atoms with Crippen molar-refractivity contribution in [2.45, 2.75) is 46.2 Å². The second-order valence-corrected chi connectivity index (χ2v) is 7.70. The van der Waals surface area contributed by atoms with E-state index in [0.717, 1.165) is 35.1 Å². The quantitative estimate of drug-likeness (QED) is 0.762. The number of hydrogen-bond donors (Lipinski definition) is 1. The van der Waals surface area contributed by atoms with E-state index in [4.69, 9.17) is 0 Å². The number of nitrogens with one attached hydrogen (secondary N) is 1. The molecule has 0 atom stereocenters. The van der Waals surface area contributed by atoms with E-state index in [2.05, 4.69) is 58.1 Å². The first kappa shape index (κ1) is 17.0. The van der Waals surface area contributed by atoms with Gasteiger partial charge in [0, 0.05) is 30.1 Å². The number of carbonyl (C=O) groups is 1. The molecule has 1 amide bonds. The van der Waals surface area contributed by atoms with Gasteiger partial charge in [0.25, 0.3) is 5.91 Å². The van der Waals surface area contributed by atoms with E-state index >= 15 is 0 Å². The summed E-state index contributed by atoms with van der Waals surface area (Å²) in [5, 5.41) is 5.64. The summed E-state index contributed by atoms with van der Waals surface area (Å²) in [6.07, 6.45) is 5.48. The SMILES string of the molecule is Cc1ccc(-c2nc(C(=O)NCc3cn4c(n3)CCCC4)cs2)c(C)c1. The Morgan fingerprint density at radius 1 is 1.27 bits per heavy atom. The standard InChI is InChI=1S/C20H22N4OS/c1-13-6-7-16(14(2)9-13)20-23-17(12-26-20)19(25)21-10-15-11-24-8-4-3-5-18(24)22-15/h6-7,9,11-12H,3-5,8,10H2,1-2H3,(H,21,25).